The van der Waals surface area contributed by atoms with Crippen LogP contribution in [0.4, 0.5) is 0 Å². The van der Waals surface area contributed by atoms with Gasteiger partial charge in [-0.2, -0.15) is 0 Å². The normalized spacial score (nSPS) is 42.5. The van der Waals surface area contributed by atoms with Crippen molar-refractivity contribution in [2.45, 2.75) is 43.9 Å². The van der Waals surface area contributed by atoms with Gasteiger partial charge in [-0.1, -0.05) is 22.0 Å². The third-order valence-electron chi connectivity index (χ3n) is 2.78. The van der Waals surface area contributed by atoms with Gasteiger partial charge in [0.1, 0.15) is 17.8 Å². The molecule has 4 heteroatoms. The molecule has 84 valence electrons. The van der Waals surface area contributed by atoms with Gasteiger partial charge in [0.2, 0.25) is 0 Å². The van der Waals surface area contributed by atoms with E-state index in [1.54, 1.807) is 6.08 Å². The van der Waals surface area contributed by atoms with Crippen molar-refractivity contribution in [1.29, 1.82) is 0 Å². The van der Waals surface area contributed by atoms with Gasteiger partial charge in [-0.3, -0.25) is 0 Å². The largest absolute Gasteiger partial charge is 0.381 e. The highest BCUT2D eigenvalue weighted by Crippen LogP contribution is 2.46. The second-order valence-electron chi connectivity index (χ2n) is 4.45. The van der Waals surface area contributed by atoms with Gasteiger partial charge in [0.05, 0.1) is 0 Å². The number of aliphatic hydroxyl groups is 1. The molecule has 1 aliphatic heterocycles. The van der Waals surface area contributed by atoms with Gasteiger partial charge >= 0.3 is 0 Å². The first-order valence-corrected chi connectivity index (χ1v) is 5.75. The van der Waals surface area contributed by atoms with E-state index in [0.29, 0.717) is 6.42 Å². The van der Waals surface area contributed by atoms with Crippen molar-refractivity contribution >= 4 is 15.9 Å². The SMILES string of the molecule is C=CC[C@@]1(O)C(Br)=C[C@@H]2OC(C)(C)O[C@@H]21. The number of fused-ring (bicyclic) bond motifs is 1. The van der Waals surface area contributed by atoms with Crippen molar-refractivity contribution < 1.29 is 14.6 Å². The van der Waals surface area contributed by atoms with E-state index in [4.69, 9.17) is 9.47 Å². The fraction of sp³-hybridized carbons (Fsp3) is 0.636. The molecule has 0 spiro atoms. The molecule has 0 saturated carbocycles. The number of hydrogen-bond acceptors (Lipinski definition) is 3. The lowest BCUT2D eigenvalue weighted by Crippen LogP contribution is -2.43. The molecule has 2 rings (SSSR count). The average molecular weight is 275 g/mol. The summed E-state index contributed by atoms with van der Waals surface area (Å²) in [5.74, 6) is -0.630. The summed E-state index contributed by atoms with van der Waals surface area (Å²) in [5.41, 5.74) is -1.03. The Morgan fingerprint density at radius 3 is 2.87 bits per heavy atom. The summed E-state index contributed by atoms with van der Waals surface area (Å²) < 4.78 is 12.1. The molecule has 3 atom stereocenters. The lowest BCUT2D eigenvalue weighted by atomic mass is 9.95. The molecule has 0 aromatic carbocycles. The van der Waals surface area contributed by atoms with Crippen LogP contribution in [0.15, 0.2) is 23.2 Å². The van der Waals surface area contributed by atoms with Crippen LogP contribution >= 0.6 is 15.9 Å². The predicted molar refractivity (Wildman–Crippen MR) is 60.6 cm³/mol. The molecule has 15 heavy (non-hydrogen) atoms. The number of ether oxygens (including phenoxy) is 2. The number of hydrogen-bond donors (Lipinski definition) is 1. The Hall–Kier alpha value is -0.160. The molecular weight excluding hydrogens is 260 g/mol. The van der Waals surface area contributed by atoms with Crippen LogP contribution in [0.2, 0.25) is 0 Å². The third kappa shape index (κ3) is 1.69. The number of rotatable bonds is 2. The molecule has 1 saturated heterocycles. The first kappa shape index (κ1) is 11.3. The molecule has 2 aliphatic rings. The van der Waals surface area contributed by atoms with Gasteiger partial charge in [0, 0.05) is 10.9 Å². The van der Waals surface area contributed by atoms with Gasteiger partial charge in [-0.15, -0.1) is 6.58 Å². The molecule has 1 heterocycles. The van der Waals surface area contributed by atoms with Gasteiger partial charge in [-0.05, 0) is 19.9 Å². The van der Waals surface area contributed by atoms with Crippen LogP contribution in [0.5, 0.6) is 0 Å². The maximum Gasteiger partial charge on any atom is 0.164 e. The highest BCUT2D eigenvalue weighted by Gasteiger charge is 2.56. The Kier molecular flexibility index (Phi) is 2.58. The summed E-state index contributed by atoms with van der Waals surface area (Å²) in [6.07, 6.45) is 3.47. The van der Waals surface area contributed by atoms with Crippen molar-refractivity contribution in [2.24, 2.45) is 0 Å². The van der Waals surface area contributed by atoms with E-state index in [1.165, 1.54) is 0 Å². The third-order valence-corrected chi connectivity index (χ3v) is 3.73. The predicted octanol–water partition coefficient (Wildman–Crippen LogP) is 2.11. The Morgan fingerprint density at radius 1 is 1.60 bits per heavy atom. The van der Waals surface area contributed by atoms with E-state index >= 15 is 0 Å². The lowest BCUT2D eigenvalue weighted by molar-refractivity contribution is -0.164. The molecule has 1 fully saturated rings. The molecule has 0 radical (unpaired) electrons. The Balaban J connectivity index is 2.28. The summed E-state index contributed by atoms with van der Waals surface area (Å²) in [7, 11) is 0. The van der Waals surface area contributed by atoms with E-state index in [-0.39, 0.29) is 12.2 Å². The smallest absolute Gasteiger partial charge is 0.164 e. The first-order valence-electron chi connectivity index (χ1n) is 4.96. The molecule has 3 nitrogen and oxygen atoms in total. The van der Waals surface area contributed by atoms with E-state index in [0.717, 1.165) is 4.48 Å². The van der Waals surface area contributed by atoms with Crippen LogP contribution < -0.4 is 0 Å². The summed E-state index contributed by atoms with van der Waals surface area (Å²) in [4.78, 5) is 0. The van der Waals surface area contributed by atoms with Gasteiger partial charge in [0.15, 0.2) is 5.79 Å². The van der Waals surface area contributed by atoms with E-state index in [9.17, 15) is 5.11 Å². The molecule has 0 bridgehead atoms. The van der Waals surface area contributed by atoms with Gasteiger partial charge in [0.25, 0.3) is 0 Å². The maximum atomic E-state index is 10.5. The van der Waals surface area contributed by atoms with Crippen molar-refractivity contribution in [2.75, 3.05) is 0 Å². The highest BCUT2D eigenvalue weighted by atomic mass is 79.9. The van der Waals surface area contributed by atoms with Crippen molar-refractivity contribution in [1.82, 2.24) is 0 Å². The van der Waals surface area contributed by atoms with Gasteiger partial charge in [-0.25, -0.2) is 0 Å². The lowest BCUT2D eigenvalue weighted by Gasteiger charge is -2.29. The molecule has 1 N–H and O–H groups in total. The standard InChI is InChI=1S/C11H15BrO3/c1-4-5-11(13)8(12)6-7-9(11)15-10(2,3)14-7/h4,6-7,9,13H,1,5H2,2-3H3/t7-,9-,11+/m0/s1. The van der Waals surface area contributed by atoms with Crippen molar-refractivity contribution in [3.8, 4) is 0 Å². The van der Waals surface area contributed by atoms with Crippen LogP contribution in [-0.2, 0) is 9.47 Å². The summed E-state index contributed by atoms with van der Waals surface area (Å²) in [6, 6.07) is 0. The first-order chi connectivity index (χ1) is 6.89. The van der Waals surface area contributed by atoms with Crippen LogP contribution in [-0.4, -0.2) is 28.7 Å². The van der Waals surface area contributed by atoms with E-state index in [1.807, 2.05) is 19.9 Å². The fourth-order valence-corrected chi connectivity index (χ4v) is 2.79. The van der Waals surface area contributed by atoms with Crippen LogP contribution in [0.1, 0.15) is 20.3 Å². The molecule has 0 unspecified atom stereocenters. The fourth-order valence-electron chi connectivity index (χ4n) is 2.14. The monoisotopic (exact) mass is 274 g/mol. The van der Waals surface area contributed by atoms with Crippen LogP contribution in [0.3, 0.4) is 0 Å². The zero-order valence-electron chi connectivity index (χ0n) is 8.87. The highest BCUT2D eigenvalue weighted by molar-refractivity contribution is 9.11. The summed E-state index contributed by atoms with van der Waals surface area (Å²) in [5, 5.41) is 10.5. The molecule has 0 aromatic rings. The molecule has 0 amide bonds. The topological polar surface area (TPSA) is 38.7 Å². The Labute approximate surface area is 97.9 Å². The van der Waals surface area contributed by atoms with E-state index < -0.39 is 11.4 Å². The quantitative estimate of drug-likeness (QED) is 0.784. The second kappa shape index (κ2) is 3.42. The maximum absolute atomic E-state index is 10.5. The average Bonchev–Trinajstić information content (AvgIpc) is 2.50. The molecular formula is C11H15BrO3. The zero-order chi connectivity index (χ0) is 11.3. The van der Waals surface area contributed by atoms with Crippen molar-refractivity contribution in [3.63, 3.8) is 0 Å². The Morgan fingerprint density at radius 2 is 2.27 bits per heavy atom. The second-order valence-corrected chi connectivity index (χ2v) is 5.31. The van der Waals surface area contributed by atoms with Crippen LogP contribution in [0, 0.1) is 0 Å². The zero-order valence-corrected chi connectivity index (χ0v) is 10.5. The summed E-state index contributed by atoms with van der Waals surface area (Å²) >= 11 is 3.36. The Bertz CT molecular complexity index is 324. The minimum Gasteiger partial charge on any atom is -0.381 e. The van der Waals surface area contributed by atoms with Crippen LogP contribution in [0.25, 0.3) is 0 Å². The minimum absolute atomic E-state index is 0.181. The number of halogens is 1. The summed E-state index contributed by atoms with van der Waals surface area (Å²) in [6.45, 7) is 7.35. The molecule has 1 aliphatic carbocycles. The van der Waals surface area contributed by atoms with Gasteiger partial charge < -0.3 is 14.6 Å². The van der Waals surface area contributed by atoms with Crippen molar-refractivity contribution in [3.05, 3.63) is 23.2 Å². The minimum atomic E-state index is -1.03. The van der Waals surface area contributed by atoms with E-state index in [2.05, 4.69) is 22.5 Å². The molecule has 0 aromatic heterocycles.